The molecule has 0 spiro atoms. The van der Waals surface area contributed by atoms with E-state index >= 15 is 0 Å². The Morgan fingerprint density at radius 1 is 1.08 bits per heavy atom. The maximum absolute atomic E-state index is 13.3. The highest BCUT2D eigenvalue weighted by atomic mass is 35.5. The van der Waals surface area contributed by atoms with Gasteiger partial charge in [-0.1, -0.05) is 30.9 Å². The molecule has 1 saturated carbocycles. The van der Waals surface area contributed by atoms with Crippen LogP contribution in [-0.4, -0.2) is 65.0 Å². The van der Waals surface area contributed by atoms with Gasteiger partial charge in [0.15, 0.2) is 5.11 Å². The van der Waals surface area contributed by atoms with Crippen molar-refractivity contribution in [2.75, 3.05) is 33.2 Å². The Balaban J connectivity index is 1.82. The molecule has 25 heavy (non-hydrogen) atoms. The van der Waals surface area contributed by atoms with Crippen LogP contribution in [0.2, 0.25) is 5.02 Å². The lowest BCUT2D eigenvalue weighted by Crippen LogP contribution is -2.56. The molecule has 6 heteroatoms. The second-order valence-corrected chi connectivity index (χ2v) is 7.85. The lowest BCUT2D eigenvalue weighted by Gasteiger charge is -2.41. The number of halogens is 1. The molecule has 1 aromatic rings. The summed E-state index contributed by atoms with van der Waals surface area (Å²) in [6, 6.07) is 7.35. The molecule has 0 N–H and O–H groups in total. The Hall–Kier alpha value is -1.17. The van der Waals surface area contributed by atoms with Crippen molar-refractivity contribution in [2.24, 2.45) is 0 Å². The van der Waals surface area contributed by atoms with Gasteiger partial charge in [0, 0.05) is 42.8 Å². The molecule has 1 amide bonds. The third-order valence-electron chi connectivity index (χ3n) is 5.23. The van der Waals surface area contributed by atoms with E-state index in [0.29, 0.717) is 15.7 Å². The van der Waals surface area contributed by atoms with Crippen molar-refractivity contribution in [1.29, 1.82) is 0 Å². The Morgan fingerprint density at radius 3 is 2.28 bits per heavy atom. The third kappa shape index (κ3) is 4.52. The van der Waals surface area contributed by atoms with E-state index in [4.69, 9.17) is 23.8 Å². The number of likely N-dealkylation sites (N-methyl/N-ethyl adjacent to an activating group) is 1. The summed E-state index contributed by atoms with van der Waals surface area (Å²) in [5.74, 6) is 0.00694. The molecule has 1 aliphatic carbocycles. The average Bonchev–Trinajstić information content (AvgIpc) is 2.64. The molecular formula is C19H26ClN3OS. The Labute approximate surface area is 160 Å². The van der Waals surface area contributed by atoms with Crippen LogP contribution in [0.3, 0.4) is 0 Å². The number of benzene rings is 1. The number of carbonyl (C=O) groups is 1. The number of carbonyl (C=O) groups excluding carboxylic acids is 1. The number of amides is 1. The lowest BCUT2D eigenvalue weighted by atomic mass is 9.94. The first-order valence-electron chi connectivity index (χ1n) is 9.13. The summed E-state index contributed by atoms with van der Waals surface area (Å²) in [7, 11) is 2.12. The fourth-order valence-electron chi connectivity index (χ4n) is 3.63. The number of hydrogen-bond acceptors (Lipinski definition) is 3. The number of rotatable bonds is 2. The van der Waals surface area contributed by atoms with E-state index in [2.05, 4.69) is 16.8 Å². The van der Waals surface area contributed by atoms with Gasteiger partial charge in [0.2, 0.25) is 0 Å². The van der Waals surface area contributed by atoms with Crippen molar-refractivity contribution < 1.29 is 4.79 Å². The van der Waals surface area contributed by atoms with Crippen molar-refractivity contribution in [1.82, 2.24) is 14.7 Å². The van der Waals surface area contributed by atoms with Crippen LogP contribution < -0.4 is 0 Å². The normalized spacial score (nSPS) is 19.7. The molecule has 136 valence electrons. The zero-order valence-electron chi connectivity index (χ0n) is 14.8. The summed E-state index contributed by atoms with van der Waals surface area (Å²) in [6.07, 6.45) is 5.65. The van der Waals surface area contributed by atoms with Gasteiger partial charge in [-0.05, 0) is 56.4 Å². The lowest BCUT2D eigenvalue weighted by molar-refractivity contribution is 0.0746. The topological polar surface area (TPSA) is 26.8 Å². The summed E-state index contributed by atoms with van der Waals surface area (Å²) < 4.78 is 0. The van der Waals surface area contributed by atoms with Crippen LogP contribution in [-0.2, 0) is 0 Å². The molecule has 1 saturated heterocycles. The van der Waals surface area contributed by atoms with Crippen LogP contribution in [0.25, 0.3) is 0 Å². The van der Waals surface area contributed by atoms with Crippen LogP contribution in [0.15, 0.2) is 24.3 Å². The van der Waals surface area contributed by atoms with Crippen LogP contribution in [0, 0.1) is 0 Å². The molecule has 2 aliphatic rings. The predicted molar refractivity (Wildman–Crippen MR) is 106 cm³/mol. The minimum absolute atomic E-state index is 0.00694. The number of piperazine rings is 1. The van der Waals surface area contributed by atoms with E-state index in [-0.39, 0.29) is 11.9 Å². The van der Waals surface area contributed by atoms with Gasteiger partial charge in [-0.3, -0.25) is 9.69 Å². The van der Waals surface area contributed by atoms with Gasteiger partial charge in [0.05, 0.1) is 0 Å². The van der Waals surface area contributed by atoms with Crippen LogP contribution in [0.5, 0.6) is 0 Å². The van der Waals surface area contributed by atoms with E-state index in [1.54, 1.807) is 24.3 Å². The van der Waals surface area contributed by atoms with Crippen LogP contribution in [0.1, 0.15) is 42.5 Å². The molecule has 0 aromatic heterocycles. The molecule has 2 fully saturated rings. The quantitative estimate of drug-likeness (QED) is 0.733. The first-order valence-corrected chi connectivity index (χ1v) is 9.91. The standard InChI is InChI=1S/C19H26ClN3OS/c1-21-11-13-22(14-12-21)19(25)23(17-5-3-2-4-6-17)18(24)15-7-9-16(20)10-8-15/h7-10,17H,2-6,11-14H2,1H3. The largest absolute Gasteiger partial charge is 0.346 e. The van der Waals surface area contributed by atoms with Gasteiger partial charge in [0.25, 0.3) is 5.91 Å². The van der Waals surface area contributed by atoms with Crippen molar-refractivity contribution in [3.8, 4) is 0 Å². The highest BCUT2D eigenvalue weighted by molar-refractivity contribution is 7.80. The zero-order valence-corrected chi connectivity index (χ0v) is 16.4. The summed E-state index contributed by atoms with van der Waals surface area (Å²) in [5, 5.41) is 1.34. The Bertz CT molecular complexity index is 608. The molecule has 1 heterocycles. The minimum atomic E-state index is 0.00694. The van der Waals surface area contributed by atoms with E-state index in [1.165, 1.54) is 19.3 Å². The second kappa shape index (κ2) is 8.47. The molecule has 0 radical (unpaired) electrons. The molecule has 1 aliphatic heterocycles. The summed E-state index contributed by atoms with van der Waals surface area (Å²) in [6.45, 7) is 3.72. The van der Waals surface area contributed by atoms with E-state index in [1.807, 2.05) is 4.90 Å². The predicted octanol–water partition coefficient (Wildman–Crippen LogP) is 3.65. The highest BCUT2D eigenvalue weighted by Gasteiger charge is 2.32. The van der Waals surface area contributed by atoms with Gasteiger partial charge in [0.1, 0.15) is 0 Å². The molecule has 1 aromatic carbocycles. The van der Waals surface area contributed by atoms with Gasteiger partial charge >= 0.3 is 0 Å². The van der Waals surface area contributed by atoms with E-state index in [0.717, 1.165) is 39.0 Å². The van der Waals surface area contributed by atoms with E-state index in [9.17, 15) is 4.79 Å². The first-order chi connectivity index (χ1) is 12.1. The van der Waals surface area contributed by atoms with Gasteiger partial charge in [-0.2, -0.15) is 0 Å². The fraction of sp³-hybridized carbons (Fsp3) is 0.579. The minimum Gasteiger partial charge on any atom is -0.346 e. The number of hydrogen-bond donors (Lipinski definition) is 0. The van der Waals surface area contributed by atoms with Crippen LogP contribution in [0.4, 0.5) is 0 Å². The van der Waals surface area contributed by atoms with Crippen molar-refractivity contribution in [3.05, 3.63) is 34.9 Å². The zero-order chi connectivity index (χ0) is 17.8. The fourth-order valence-corrected chi connectivity index (χ4v) is 4.17. The molecule has 0 unspecified atom stereocenters. The second-order valence-electron chi connectivity index (χ2n) is 7.05. The maximum Gasteiger partial charge on any atom is 0.260 e. The molecule has 3 rings (SSSR count). The van der Waals surface area contributed by atoms with Crippen LogP contribution >= 0.6 is 23.8 Å². The third-order valence-corrected chi connectivity index (χ3v) is 5.94. The number of thiocarbonyl (C=S) groups is 1. The van der Waals surface area contributed by atoms with Crippen molar-refractivity contribution in [3.63, 3.8) is 0 Å². The molecule has 4 nitrogen and oxygen atoms in total. The number of nitrogens with zero attached hydrogens (tertiary/aromatic N) is 3. The highest BCUT2D eigenvalue weighted by Crippen LogP contribution is 2.26. The van der Waals surface area contributed by atoms with Gasteiger partial charge < -0.3 is 9.80 Å². The monoisotopic (exact) mass is 379 g/mol. The summed E-state index contributed by atoms with van der Waals surface area (Å²) in [4.78, 5) is 19.6. The van der Waals surface area contributed by atoms with Gasteiger partial charge in [-0.15, -0.1) is 0 Å². The Morgan fingerprint density at radius 2 is 1.68 bits per heavy atom. The van der Waals surface area contributed by atoms with Gasteiger partial charge in [-0.25, -0.2) is 0 Å². The van der Waals surface area contributed by atoms with Crippen molar-refractivity contribution >= 4 is 34.8 Å². The van der Waals surface area contributed by atoms with Crippen molar-refractivity contribution in [2.45, 2.75) is 38.1 Å². The molecular weight excluding hydrogens is 354 g/mol. The molecule has 0 atom stereocenters. The van der Waals surface area contributed by atoms with E-state index < -0.39 is 0 Å². The maximum atomic E-state index is 13.3. The summed E-state index contributed by atoms with van der Waals surface area (Å²) >= 11 is 11.8. The first kappa shape index (κ1) is 18.6. The Kier molecular flexibility index (Phi) is 6.31. The SMILES string of the molecule is CN1CCN(C(=S)N(C(=O)c2ccc(Cl)cc2)C2CCCCC2)CC1. The molecule has 0 bridgehead atoms. The smallest absolute Gasteiger partial charge is 0.260 e. The summed E-state index contributed by atoms with van der Waals surface area (Å²) in [5.41, 5.74) is 0.659. The average molecular weight is 380 g/mol.